The van der Waals surface area contributed by atoms with E-state index < -0.39 is 10.0 Å². The summed E-state index contributed by atoms with van der Waals surface area (Å²) in [5.74, 6) is 0. The van der Waals surface area contributed by atoms with E-state index in [2.05, 4.69) is 4.40 Å². The van der Waals surface area contributed by atoms with Crippen LogP contribution in [0.3, 0.4) is 0 Å². The maximum absolute atomic E-state index is 12.9. The fraction of sp³-hybridized carbons (Fsp3) is 0.0455. The maximum Gasteiger partial charge on any atom is 0.283 e. The molecule has 0 aliphatic carbocycles. The van der Waals surface area contributed by atoms with Gasteiger partial charge in [0.1, 0.15) is 4.67 Å². The molecule has 3 nitrogen and oxygen atoms in total. The Morgan fingerprint density at radius 1 is 0.815 bits per heavy atom. The molecule has 0 saturated carbocycles. The largest absolute Gasteiger partial charge is 0.283 e. The zero-order valence-electron chi connectivity index (χ0n) is 14.7. The van der Waals surface area contributed by atoms with Crippen molar-refractivity contribution in [2.24, 2.45) is 4.40 Å². The molecule has 1 aromatic heterocycles. The molecule has 3 aromatic carbocycles. The van der Waals surface area contributed by atoms with Crippen LogP contribution in [0, 0.1) is 6.92 Å². The number of hydrogen-bond acceptors (Lipinski definition) is 3. The molecule has 0 aliphatic heterocycles. The van der Waals surface area contributed by atoms with Crippen LogP contribution in [-0.2, 0) is 10.0 Å². The minimum absolute atomic E-state index is 0.201. The summed E-state index contributed by atoms with van der Waals surface area (Å²) in [7, 11) is -3.79. The molecule has 5 heteroatoms. The Bertz CT molecular complexity index is 1270. The number of sulfonamides is 1. The number of nitrogens with zero attached hydrogens (tertiary/aromatic N) is 1. The molecule has 0 amide bonds. The molecule has 4 rings (SSSR count). The van der Waals surface area contributed by atoms with Crippen LogP contribution in [0.1, 0.15) is 5.56 Å². The lowest BCUT2D eigenvalue weighted by atomic mass is 10.1. The minimum atomic E-state index is -3.79. The zero-order chi connectivity index (χ0) is 18.9. The van der Waals surface area contributed by atoms with Gasteiger partial charge in [-0.1, -0.05) is 66.2 Å². The van der Waals surface area contributed by atoms with Crippen molar-refractivity contribution < 1.29 is 8.42 Å². The second-order valence-electron chi connectivity index (χ2n) is 6.25. The topological polar surface area (TPSA) is 46.5 Å². The summed E-state index contributed by atoms with van der Waals surface area (Å²) in [6, 6.07) is 26.4. The van der Waals surface area contributed by atoms with E-state index in [0.717, 1.165) is 26.8 Å². The molecule has 0 radical (unpaired) electrons. The Balaban J connectivity index is 1.99. The van der Waals surface area contributed by atoms with E-state index in [0.29, 0.717) is 4.67 Å². The van der Waals surface area contributed by atoms with Gasteiger partial charge in [-0.25, -0.2) is 0 Å². The van der Waals surface area contributed by atoms with Crippen molar-refractivity contribution in [3.8, 4) is 11.1 Å². The van der Waals surface area contributed by atoms with Gasteiger partial charge in [0.15, 0.2) is 0 Å². The molecule has 0 aliphatic rings. The lowest BCUT2D eigenvalue weighted by Gasteiger charge is -2.06. The molecule has 0 bridgehead atoms. The zero-order valence-corrected chi connectivity index (χ0v) is 16.3. The lowest BCUT2D eigenvalue weighted by Crippen LogP contribution is -2.08. The first kappa shape index (κ1) is 17.6. The first-order valence-electron chi connectivity index (χ1n) is 8.49. The molecule has 0 spiro atoms. The molecule has 0 saturated heterocycles. The van der Waals surface area contributed by atoms with E-state index in [1.54, 1.807) is 24.3 Å². The Hall–Kier alpha value is -2.76. The highest BCUT2D eigenvalue weighted by molar-refractivity contribution is 7.90. The minimum Gasteiger partial charge on any atom is -0.199 e. The smallest absolute Gasteiger partial charge is 0.199 e. The van der Waals surface area contributed by atoms with Crippen LogP contribution < -0.4 is 4.67 Å². The van der Waals surface area contributed by atoms with E-state index in [-0.39, 0.29) is 4.90 Å². The van der Waals surface area contributed by atoms with E-state index in [9.17, 15) is 8.42 Å². The van der Waals surface area contributed by atoms with Crippen molar-refractivity contribution in [2.45, 2.75) is 11.8 Å². The predicted octanol–water partition coefficient (Wildman–Crippen LogP) is 5.17. The number of benzene rings is 3. The summed E-state index contributed by atoms with van der Waals surface area (Å²) < 4.78 is 31.4. The van der Waals surface area contributed by atoms with Gasteiger partial charge in [0, 0.05) is 10.3 Å². The van der Waals surface area contributed by atoms with E-state index in [4.69, 9.17) is 0 Å². The van der Waals surface area contributed by atoms with Gasteiger partial charge in [-0.15, -0.1) is 15.7 Å². The lowest BCUT2D eigenvalue weighted by molar-refractivity contribution is 0.597. The summed E-state index contributed by atoms with van der Waals surface area (Å²) in [6.45, 7) is 1.92. The summed E-state index contributed by atoms with van der Waals surface area (Å²) >= 11 is 1.39. The van der Waals surface area contributed by atoms with Crippen molar-refractivity contribution in [3.05, 3.63) is 95.2 Å². The van der Waals surface area contributed by atoms with Gasteiger partial charge in [-0.05, 0) is 42.1 Å². The third-order valence-corrected chi connectivity index (χ3v) is 6.77. The molecule has 0 N–H and O–H groups in total. The summed E-state index contributed by atoms with van der Waals surface area (Å²) in [5, 5.41) is 1.06. The van der Waals surface area contributed by atoms with Gasteiger partial charge in [-0.2, -0.15) is 8.42 Å². The Kier molecular flexibility index (Phi) is 4.64. The predicted molar refractivity (Wildman–Crippen MR) is 111 cm³/mol. The third kappa shape index (κ3) is 3.70. The second kappa shape index (κ2) is 7.10. The standard InChI is InChI=1S/C22H17NO2S2/c1-16-11-13-19(14-12-16)27(24,25)23-22-20(17-7-3-2-4-8-17)15-18-9-5-6-10-21(18)26-22/h2-15H,1H3/b23-22-. The number of rotatable bonds is 3. The summed E-state index contributed by atoms with van der Waals surface area (Å²) in [4.78, 5) is 0.201. The van der Waals surface area contributed by atoms with Crippen LogP contribution in [0.4, 0.5) is 0 Å². The molecule has 4 aromatic rings. The third-order valence-electron chi connectivity index (χ3n) is 4.26. The molecule has 1 heterocycles. The highest BCUT2D eigenvalue weighted by atomic mass is 32.2. The van der Waals surface area contributed by atoms with Crippen LogP contribution in [0.15, 0.2) is 94.2 Å². The van der Waals surface area contributed by atoms with Crippen molar-refractivity contribution >= 4 is 31.4 Å². The van der Waals surface area contributed by atoms with Crippen LogP contribution in [0.5, 0.6) is 0 Å². The van der Waals surface area contributed by atoms with Gasteiger partial charge in [0.05, 0.1) is 4.90 Å². The SMILES string of the molecule is Cc1ccc(S(=O)(=O)/N=c2\sc3ccccc3cc2-c2ccccc2)cc1. The molecule has 0 unspecified atom stereocenters. The average molecular weight is 392 g/mol. The monoisotopic (exact) mass is 391 g/mol. The quantitative estimate of drug-likeness (QED) is 0.484. The number of aryl methyl sites for hydroxylation is 1. The van der Waals surface area contributed by atoms with E-state index >= 15 is 0 Å². The summed E-state index contributed by atoms with van der Waals surface area (Å²) in [6.07, 6.45) is 0. The second-order valence-corrected chi connectivity index (χ2v) is 8.88. The molecule has 0 atom stereocenters. The van der Waals surface area contributed by atoms with Gasteiger partial charge >= 0.3 is 0 Å². The van der Waals surface area contributed by atoms with Crippen molar-refractivity contribution in [1.82, 2.24) is 0 Å². The highest BCUT2D eigenvalue weighted by Crippen LogP contribution is 2.24. The number of hydrogen-bond donors (Lipinski definition) is 0. The Labute approximate surface area is 162 Å². The van der Waals surface area contributed by atoms with Crippen LogP contribution in [-0.4, -0.2) is 8.42 Å². The van der Waals surface area contributed by atoms with Crippen LogP contribution >= 0.6 is 11.3 Å². The van der Waals surface area contributed by atoms with E-state index in [1.165, 1.54) is 11.3 Å². The van der Waals surface area contributed by atoms with Gasteiger partial charge < -0.3 is 0 Å². The molecular weight excluding hydrogens is 374 g/mol. The normalized spacial score (nSPS) is 12.4. The van der Waals surface area contributed by atoms with Crippen molar-refractivity contribution in [3.63, 3.8) is 0 Å². The Morgan fingerprint density at radius 3 is 2.22 bits per heavy atom. The Morgan fingerprint density at radius 2 is 1.48 bits per heavy atom. The highest BCUT2D eigenvalue weighted by Gasteiger charge is 2.14. The first-order chi connectivity index (χ1) is 13.0. The molecule has 0 fully saturated rings. The molecular formula is C22H17NO2S2. The maximum atomic E-state index is 12.9. The molecule has 27 heavy (non-hydrogen) atoms. The van der Waals surface area contributed by atoms with Crippen LogP contribution in [0.25, 0.3) is 21.2 Å². The molecule has 134 valence electrons. The first-order valence-corrected chi connectivity index (χ1v) is 10.7. The van der Waals surface area contributed by atoms with Crippen molar-refractivity contribution in [1.29, 1.82) is 0 Å². The fourth-order valence-corrected chi connectivity index (χ4v) is 5.07. The van der Waals surface area contributed by atoms with Crippen molar-refractivity contribution in [2.75, 3.05) is 0 Å². The van der Waals surface area contributed by atoms with Gasteiger partial charge in [0.25, 0.3) is 10.0 Å². The van der Waals surface area contributed by atoms with E-state index in [1.807, 2.05) is 67.6 Å². The van der Waals surface area contributed by atoms with Gasteiger partial charge in [0.2, 0.25) is 0 Å². The fourth-order valence-electron chi connectivity index (χ4n) is 2.83. The summed E-state index contributed by atoms with van der Waals surface area (Å²) in [5.41, 5.74) is 2.76. The average Bonchev–Trinajstić information content (AvgIpc) is 2.68. The van der Waals surface area contributed by atoms with Gasteiger partial charge in [-0.3, -0.25) is 0 Å². The number of fused-ring (bicyclic) bond motifs is 1. The van der Waals surface area contributed by atoms with Crippen LogP contribution in [0.2, 0.25) is 0 Å².